The topological polar surface area (TPSA) is 50.8 Å². The molecule has 0 aliphatic carbocycles. The SMILES string of the molecule is COc1cccc(CN2CNC(=O)c3cc(OC(F)(F)F)ccc32)c1. The molecule has 25 heavy (non-hydrogen) atoms. The van der Waals surface area contributed by atoms with Gasteiger partial charge in [0.05, 0.1) is 25.0 Å². The number of ether oxygens (including phenoxy) is 2. The van der Waals surface area contributed by atoms with Crippen LogP contribution in [0.3, 0.4) is 0 Å². The van der Waals surface area contributed by atoms with Crippen LogP contribution in [0.2, 0.25) is 0 Å². The number of anilines is 1. The van der Waals surface area contributed by atoms with Gasteiger partial charge in [-0.05, 0) is 35.9 Å². The first-order valence-electron chi connectivity index (χ1n) is 7.41. The minimum atomic E-state index is -4.81. The van der Waals surface area contributed by atoms with Gasteiger partial charge in [-0.2, -0.15) is 0 Å². The molecule has 5 nitrogen and oxygen atoms in total. The van der Waals surface area contributed by atoms with Gasteiger partial charge in [0.15, 0.2) is 0 Å². The lowest BCUT2D eigenvalue weighted by Gasteiger charge is -2.31. The van der Waals surface area contributed by atoms with Crippen molar-refractivity contribution in [3.8, 4) is 11.5 Å². The first-order chi connectivity index (χ1) is 11.9. The van der Waals surface area contributed by atoms with E-state index in [0.717, 1.165) is 11.6 Å². The molecule has 2 aromatic carbocycles. The van der Waals surface area contributed by atoms with E-state index in [4.69, 9.17) is 4.74 Å². The monoisotopic (exact) mass is 352 g/mol. The molecule has 0 saturated heterocycles. The molecular weight excluding hydrogens is 337 g/mol. The number of rotatable bonds is 4. The summed E-state index contributed by atoms with van der Waals surface area (Å²) in [7, 11) is 1.57. The van der Waals surface area contributed by atoms with Crippen molar-refractivity contribution in [2.45, 2.75) is 12.9 Å². The zero-order valence-corrected chi connectivity index (χ0v) is 13.3. The summed E-state index contributed by atoms with van der Waals surface area (Å²) in [4.78, 5) is 13.9. The van der Waals surface area contributed by atoms with Gasteiger partial charge in [-0.15, -0.1) is 13.2 Å². The smallest absolute Gasteiger partial charge is 0.497 e. The number of fused-ring (bicyclic) bond motifs is 1. The first-order valence-corrected chi connectivity index (χ1v) is 7.41. The van der Waals surface area contributed by atoms with Gasteiger partial charge < -0.3 is 19.7 Å². The molecule has 0 aromatic heterocycles. The third-order valence-electron chi connectivity index (χ3n) is 3.72. The number of benzene rings is 2. The quantitative estimate of drug-likeness (QED) is 0.917. The van der Waals surface area contributed by atoms with Crippen molar-refractivity contribution in [2.75, 3.05) is 18.7 Å². The van der Waals surface area contributed by atoms with Gasteiger partial charge in [0.1, 0.15) is 11.5 Å². The van der Waals surface area contributed by atoms with Crippen LogP contribution in [0.25, 0.3) is 0 Å². The highest BCUT2D eigenvalue weighted by atomic mass is 19.4. The summed E-state index contributed by atoms with van der Waals surface area (Å²) >= 11 is 0. The Bertz CT molecular complexity index is 793. The lowest BCUT2D eigenvalue weighted by molar-refractivity contribution is -0.274. The van der Waals surface area contributed by atoms with Crippen molar-refractivity contribution in [3.63, 3.8) is 0 Å². The molecule has 0 fully saturated rings. The second-order valence-electron chi connectivity index (χ2n) is 5.44. The van der Waals surface area contributed by atoms with Crippen LogP contribution in [-0.2, 0) is 6.54 Å². The number of amides is 1. The van der Waals surface area contributed by atoms with E-state index in [9.17, 15) is 18.0 Å². The van der Waals surface area contributed by atoms with E-state index in [1.54, 1.807) is 7.11 Å². The van der Waals surface area contributed by atoms with Gasteiger partial charge in [0, 0.05) is 6.54 Å². The van der Waals surface area contributed by atoms with Gasteiger partial charge in [-0.1, -0.05) is 12.1 Å². The molecule has 1 amide bonds. The number of hydrogen-bond donors (Lipinski definition) is 1. The number of nitrogens with zero attached hydrogens (tertiary/aromatic N) is 1. The highest BCUT2D eigenvalue weighted by molar-refractivity contribution is 6.01. The fourth-order valence-electron chi connectivity index (χ4n) is 2.65. The van der Waals surface area contributed by atoms with Crippen molar-refractivity contribution in [1.29, 1.82) is 0 Å². The Labute approximate surface area is 142 Å². The number of methoxy groups -OCH3 is 1. The van der Waals surface area contributed by atoms with Crippen molar-refractivity contribution in [2.24, 2.45) is 0 Å². The number of hydrogen-bond acceptors (Lipinski definition) is 4. The Kier molecular flexibility index (Phi) is 4.43. The molecule has 0 bridgehead atoms. The zero-order valence-electron chi connectivity index (χ0n) is 13.3. The minimum absolute atomic E-state index is 0.135. The zero-order chi connectivity index (χ0) is 18.0. The lowest BCUT2D eigenvalue weighted by atomic mass is 10.1. The molecule has 1 aliphatic heterocycles. The standard InChI is InChI=1S/C17H15F3N2O3/c1-24-12-4-2-3-11(7-12)9-22-10-21-16(23)14-8-13(5-6-15(14)22)25-17(18,19)20/h2-8H,9-10H2,1H3,(H,21,23). The summed E-state index contributed by atoms with van der Waals surface area (Å²) in [6.45, 7) is 0.715. The Morgan fingerprint density at radius 1 is 1.16 bits per heavy atom. The number of carbonyl (C=O) groups is 1. The van der Waals surface area contributed by atoms with Gasteiger partial charge >= 0.3 is 6.36 Å². The van der Waals surface area contributed by atoms with Crippen LogP contribution < -0.4 is 19.7 Å². The van der Waals surface area contributed by atoms with Crippen molar-refractivity contribution >= 4 is 11.6 Å². The average Bonchev–Trinajstić information content (AvgIpc) is 2.56. The second-order valence-corrected chi connectivity index (χ2v) is 5.44. The molecule has 8 heteroatoms. The number of nitrogens with one attached hydrogen (secondary N) is 1. The largest absolute Gasteiger partial charge is 0.573 e. The summed E-state index contributed by atoms with van der Waals surface area (Å²) in [6.07, 6.45) is -4.81. The fraction of sp³-hybridized carbons (Fsp3) is 0.235. The van der Waals surface area contributed by atoms with E-state index in [1.807, 2.05) is 29.2 Å². The third kappa shape index (κ3) is 3.96. The molecule has 1 N–H and O–H groups in total. The molecule has 132 valence electrons. The predicted octanol–water partition coefficient (Wildman–Crippen LogP) is 3.30. The summed E-state index contributed by atoms with van der Waals surface area (Å²) in [5, 5.41) is 2.65. The summed E-state index contributed by atoms with van der Waals surface area (Å²) in [5.74, 6) is -0.165. The Morgan fingerprint density at radius 3 is 2.68 bits per heavy atom. The molecular formula is C17H15F3N2O3. The van der Waals surface area contributed by atoms with Crippen molar-refractivity contribution < 1.29 is 27.4 Å². The van der Waals surface area contributed by atoms with E-state index >= 15 is 0 Å². The highest BCUT2D eigenvalue weighted by Gasteiger charge is 2.32. The maximum Gasteiger partial charge on any atom is 0.573 e. The molecule has 1 heterocycles. The molecule has 0 saturated carbocycles. The maximum absolute atomic E-state index is 12.4. The predicted molar refractivity (Wildman–Crippen MR) is 84.6 cm³/mol. The van der Waals surface area contributed by atoms with Crippen LogP contribution in [0.15, 0.2) is 42.5 Å². The average molecular weight is 352 g/mol. The Balaban J connectivity index is 1.87. The van der Waals surface area contributed by atoms with Crippen molar-refractivity contribution in [3.05, 3.63) is 53.6 Å². The van der Waals surface area contributed by atoms with Crippen LogP contribution in [0.1, 0.15) is 15.9 Å². The van der Waals surface area contributed by atoms with Crippen LogP contribution in [0, 0.1) is 0 Å². The van der Waals surface area contributed by atoms with E-state index in [1.165, 1.54) is 12.1 Å². The fourth-order valence-corrected chi connectivity index (χ4v) is 2.65. The molecule has 0 unspecified atom stereocenters. The molecule has 0 spiro atoms. The Morgan fingerprint density at radius 2 is 1.96 bits per heavy atom. The van der Waals surface area contributed by atoms with Crippen molar-refractivity contribution in [1.82, 2.24) is 5.32 Å². The first kappa shape index (κ1) is 16.9. The minimum Gasteiger partial charge on any atom is -0.497 e. The van der Waals surface area contributed by atoms with E-state index in [-0.39, 0.29) is 12.2 Å². The van der Waals surface area contributed by atoms with Gasteiger partial charge in [-0.25, -0.2) is 0 Å². The van der Waals surface area contributed by atoms with Gasteiger partial charge in [-0.3, -0.25) is 4.79 Å². The van der Waals surface area contributed by atoms with Crippen LogP contribution in [-0.4, -0.2) is 26.0 Å². The maximum atomic E-state index is 12.4. The molecule has 0 atom stereocenters. The second kappa shape index (κ2) is 6.54. The van der Waals surface area contributed by atoms with Crippen LogP contribution >= 0.6 is 0 Å². The number of carbonyl (C=O) groups excluding carboxylic acids is 1. The Hall–Kier alpha value is -2.90. The molecule has 3 rings (SSSR count). The van der Waals surface area contributed by atoms with E-state index in [2.05, 4.69) is 10.1 Å². The molecule has 1 aliphatic rings. The van der Waals surface area contributed by atoms with Gasteiger partial charge in [0.25, 0.3) is 5.91 Å². The molecule has 0 radical (unpaired) electrons. The van der Waals surface area contributed by atoms with Crippen LogP contribution in [0.4, 0.5) is 18.9 Å². The normalized spacial score (nSPS) is 13.9. The highest BCUT2D eigenvalue weighted by Crippen LogP contribution is 2.31. The summed E-state index contributed by atoms with van der Waals surface area (Å²) < 4.78 is 46.1. The number of halogens is 3. The number of alkyl halides is 3. The van der Waals surface area contributed by atoms with Crippen LogP contribution in [0.5, 0.6) is 11.5 Å². The lowest BCUT2D eigenvalue weighted by Crippen LogP contribution is -2.43. The third-order valence-corrected chi connectivity index (χ3v) is 3.72. The van der Waals surface area contributed by atoms with Gasteiger partial charge in [0.2, 0.25) is 0 Å². The van der Waals surface area contributed by atoms with E-state index in [0.29, 0.717) is 18.0 Å². The summed E-state index contributed by atoms with van der Waals surface area (Å²) in [6, 6.07) is 11.2. The van der Waals surface area contributed by atoms with E-state index < -0.39 is 18.0 Å². The molecule has 2 aromatic rings. The summed E-state index contributed by atoms with van der Waals surface area (Å²) in [5.41, 5.74) is 1.62.